The van der Waals surface area contributed by atoms with Gasteiger partial charge >= 0.3 is 0 Å². The lowest BCUT2D eigenvalue weighted by atomic mass is 10.2. The number of anilines is 3. The summed E-state index contributed by atoms with van der Waals surface area (Å²) >= 11 is 0. The van der Waals surface area contributed by atoms with Crippen molar-refractivity contribution in [2.75, 3.05) is 37.1 Å². The van der Waals surface area contributed by atoms with E-state index in [1.807, 2.05) is 6.07 Å². The summed E-state index contributed by atoms with van der Waals surface area (Å²) in [4.78, 5) is 0. The molecule has 0 atom stereocenters. The molecule has 0 aliphatic heterocycles. The lowest BCUT2D eigenvalue weighted by molar-refractivity contribution is 0.417. The summed E-state index contributed by atoms with van der Waals surface area (Å²) in [6, 6.07) is 5.69. The van der Waals surface area contributed by atoms with Crippen molar-refractivity contribution >= 4 is 17.1 Å². The van der Waals surface area contributed by atoms with Crippen molar-refractivity contribution in [1.29, 1.82) is 5.26 Å². The van der Waals surface area contributed by atoms with E-state index in [0.29, 0.717) is 24.4 Å². The van der Waals surface area contributed by atoms with Crippen LogP contribution in [0.25, 0.3) is 0 Å². The first-order valence-corrected chi connectivity index (χ1v) is 4.99. The van der Waals surface area contributed by atoms with Gasteiger partial charge in [0.25, 0.3) is 0 Å². The molecule has 0 radical (unpaired) electrons. The molecule has 0 amide bonds. The van der Waals surface area contributed by atoms with Gasteiger partial charge in [-0.1, -0.05) is 0 Å². The molecule has 0 bridgehead atoms. The lowest BCUT2D eigenvalue weighted by Gasteiger charge is -2.14. The van der Waals surface area contributed by atoms with E-state index in [-0.39, 0.29) is 0 Å². The van der Waals surface area contributed by atoms with Gasteiger partial charge in [0.15, 0.2) is 0 Å². The minimum absolute atomic E-state index is 0.447. The zero-order chi connectivity index (χ0) is 12.0. The molecule has 86 valence electrons. The Morgan fingerprint density at radius 3 is 2.75 bits per heavy atom. The average molecular weight is 220 g/mol. The molecule has 5 heteroatoms. The fraction of sp³-hybridized carbons (Fsp3) is 0.364. The number of nitriles is 1. The van der Waals surface area contributed by atoms with E-state index in [4.69, 9.17) is 15.7 Å². The van der Waals surface area contributed by atoms with Crippen LogP contribution in [-0.2, 0) is 0 Å². The number of nitrogens with zero attached hydrogens (tertiary/aromatic N) is 1. The Kier molecular flexibility index (Phi) is 4.28. The highest BCUT2D eigenvalue weighted by atomic mass is 16.5. The fourth-order valence-corrected chi connectivity index (χ4v) is 1.37. The van der Waals surface area contributed by atoms with Crippen molar-refractivity contribution in [1.82, 2.24) is 0 Å². The maximum atomic E-state index is 8.46. The van der Waals surface area contributed by atoms with E-state index < -0.39 is 0 Å². The van der Waals surface area contributed by atoms with Gasteiger partial charge < -0.3 is 21.1 Å². The number of hydrogen-bond acceptors (Lipinski definition) is 5. The second-order valence-corrected chi connectivity index (χ2v) is 3.22. The highest BCUT2D eigenvalue weighted by molar-refractivity contribution is 5.76. The van der Waals surface area contributed by atoms with Gasteiger partial charge in [-0.15, -0.1) is 0 Å². The molecule has 0 spiro atoms. The van der Waals surface area contributed by atoms with Crippen LogP contribution >= 0.6 is 0 Å². The number of nitrogen functional groups attached to an aromatic ring is 1. The molecule has 5 nitrogen and oxygen atoms in total. The number of benzene rings is 1. The average Bonchev–Trinajstić information content (AvgIpc) is 2.30. The van der Waals surface area contributed by atoms with Crippen molar-refractivity contribution in [3.8, 4) is 11.8 Å². The Balaban J connectivity index is 2.92. The number of methoxy groups -OCH3 is 1. The van der Waals surface area contributed by atoms with Gasteiger partial charge in [0, 0.05) is 19.7 Å². The highest BCUT2D eigenvalue weighted by Crippen LogP contribution is 2.32. The van der Waals surface area contributed by atoms with Crippen molar-refractivity contribution in [3.05, 3.63) is 12.1 Å². The smallest absolute Gasteiger partial charge is 0.144 e. The van der Waals surface area contributed by atoms with Gasteiger partial charge in [0.05, 0.1) is 36.7 Å². The molecule has 0 saturated heterocycles. The van der Waals surface area contributed by atoms with Crippen LogP contribution in [0.5, 0.6) is 5.75 Å². The maximum absolute atomic E-state index is 8.46. The number of nitrogens with one attached hydrogen (secondary N) is 2. The molecule has 1 rings (SSSR count). The summed E-state index contributed by atoms with van der Waals surface area (Å²) in [6.45, 7) is 0.583. The molecule has 4 N–H and O–H groups in total. The lowest BCUT2D eigenvalue weighted by Crippen LogP contribution is -2.04. The molecule has 0 fully saturated rings. The minimum atomic E-state index is 0.447. The molecular formula is C11H16N4O. The third-order valence-corrected chi connectivity index (χ3v) is 2.19. The van der Waals surface area contributed by atoms with Gasteiger partial charge in [-0.3, -0.25) is 0 Å². The van der Waals surface area contributed by atoms with Crippen molar-refractivity contribution < 1.29 is 4.74 Å². The van der Waals surface area contributed by atoms with E-state index in [1.165, 1.54) is 0 Å². The summed E-state index contributed by atoms with van der Waals surface area (Å²) in [5.74, 6) is 0.675. The second kappa shape index (κ2) is 5.71. The normalized spacial score (nSPS) is 9.31. The standard InChI is InChI=1S/C11H16N4O/c1-14-9-7-10(15-5-3-4-12)11(16-2)6-8(9)13/h6-7,14-15H,3,5,13H2,1-2H3. The first-order valence-electron chi connectivity index (χ1n) is 4.99. The van der Waals surface area contributed by atoms with Crippen molar-refractivity contribution in [3.63, 3.8) is 0 Å². The summed E-state index contributed by atoms with van der Waals surface area (Å²) in [7, 11) is 3.39. The van der Waals surface area contributed by atoms with Crippen LogP contribution < -0.4 is 21.1 Å². The van der Waals surface area contributed by atoms with E-state index >= 15 is 0 Å². The Bertz CT molecular complexity index is 398. The molecule has 0 aromatic heterocycles. The highest BCUT2D eigenvalue weighted by Gasteiger charge is 2.07. The largest absolute Gasteiger partial charge is 0.495 e. The SMILES string of the molecule is CNc1cc(NCCC#N)c(OC)cc1N. The van der Waals surface area contributed by atoms with Gasteiger partial charge in [0.2, 0.25) is 0 Å². The number of hydrogen-bond donors (Lipinski definition) is 3. The zero-order valence-electron chi connectivity index (χ0n) is 9.50. The maximum Gasteiger partial charge on any atom is 0.144 e. The molecule has 1 aromatic rings. The van der Waals surface area contributed by atoms with Gasteiger partial charge in [-0.2, -0.15) is 5.26 Å². The van der Waals surface area contributed by atoms with E-state index in [0.717, 1.165) is 11.4 Å². The van der Waals surface area contributed by atoms with Crippen LogP contribution in [0.1, 0.15) is 6.42 Å². The van der Waals surface area contributed by atoms with Crippen LogP contribution in [0.15, 0.2) is 12.1 Å². The minimum Gasteiger partial charge on any atom is -0.495 e. The van der Waals surface area contributed by atoms with Crippen LogP contribution in [0.4, 0.5) is 17.1 Å². The first-order chi connectivity index (χ1) is 7.72. The van der Waals surface area contributed by atoms with Gasteiger partial charge in [-0.25, -0.2) is 0 Å². The van der Waals surface area contributed by atoms with Crippen LogP contribution in [0.3, 0.4) is 0 Å². The third kappa shape index (κ3) is 2.70. The first kappa shape index (κ1) is 12.0. The quantitative estimate of drug-likeness (QED) is 0.519. The topological polar surface area (TPSA) is 83.1 Å². The molecule has 0 aliphatic rings. The van der Waals surface area contributed by atoms with Crippen LogP contribution in [0, 0.1) is 11.3 Å². The Morgan fingerprint density at radius 2 is 2.19 bits per heavy atom. The Hall–Kier alpha value is -2.09. The molecule has 0 heterocycles. The zero-order valence-corrected chi connectivity index (χ0v) is 9.50. The van der Waals surface area contributed by atoms with Gasteiger partial charge in [-0.05, 0) is 6.07 Å². The number of ether oxygens (including phenoxy) is 1. The van der Waals surface area contributed by atoms with E-state index in [1.54, 1.807) is 20.2 Å². The summed E-state index contributed by atoms with van der Waals surface area (Å²) in [5, 5.41) is 14.6. The molecule has 0 unspecified atom stereocenters. The fourth-order valence-electron chi connectivity index (χ4n) is 1.37. The molecule has 0 aliphatic carbocycles. The Morgan fingerprint density at radius 1 is 1.44 bits per heavy atom. The van der Waals surface area contributed by atoms with Gasteiger partial charge in [0.1, 0.15) is 5.75 Å². The van der Waals surface area contributed by atoms with E-state index in [2.05, 4.69) is 16.7 Å². The third-order valence-electron chi connectivity index (χ3n) is 2.19. The summed E-state index contributed by atoms with van der Waals surface area (Å²) in [6.07, 6.45) is 0.447. The summed E-state index contributed by atoms with van der Waals surface area (Å²) in [5.41, 5.74) is 8.10. The van der Waals surface area contributed by atoms with Crippen molar-refractivity contribution in [2.45, 2.75) is 6.42 Å². The Labute approximate surface area is 95.2 Å². The van der Waals surface area contributed by atoms with Crippen molar-refractivity contribution in [2.24, 2.45) is 0 Å². The summed E-state index contributed by atoms with van der Waals surface area (Å²) < 4.78 is 5.20. The molecular weight excluding hydrogens is 204 g/mol. The monoisotopic (exact) mass is 220 g/mol. The predicted molar refractivity (Wildman–Crippen MR) is 65.7 cm³/mol. The molecule has 16 heavy (non-hydrogen) atoms. The molecule has 1 aromatic carbocycles. The predicted octanol–water partition coefficient (Wildman–Crippen LogP) is 1.64. The van der Waals surface area contributed by atoms with Crippen LogP contribution in [0.2, 0.25) is 0 Å². The molecule has 0 saturated carbocycles. The number of nitrogens with two attached hydrogens (primary N) is 1. The number of rotatable bonds is 5. The second-order valence-electron chi connectivity index (χ2n) is 3.22. The van der Waals surface area contributed by atoms with E-state index in [9.17, 15) is 0 Å². The van der Waals surface area contributed by atoms with Crippen LogP contribution in [-0.4, -0.2) is 20.7 Å².